The maximum atomic E-state index is 17.2. The van der Waals surface area contributed by atoms with Crippen LogP contribution in [0.15, 0.2) is 30.9 Å². The Labute approximate surface area is 272 Å². The van der Waals surface area contributed by atoms with E-state index in [1.165, 1.54) is 6.08 Å². The van der Waals surface area contributed by atoms with Gasteiger partial charge in [0, 0.05) is 59.5 Å². The average molecular weight is 648 g/mol. The summed E-state index contributed by atoms with van der Waals surface area (Å²) < 4.78 is 29.1. The Morgan fingerprint density at radius 3 is 2.76 bits per heavy atom. The van der Waals surface area contributed by atoms with E-state index >= 15 is 4.39 Å². The zero-order valence-electron chi connectivity index (χ0n) is 26.6. The Morgan fingerprint density at radius 1 is 1.22 bits per heavy atom. The Kier molecular flexibility index (Phi) is 8.11. The number of rotatable bonds is 7. The fraction of sp³-hybridized carbons (Fsp3) is 0.471. The van der Waals surface area contributed by atoms with Gasteiger partial charge in [0.15, 0.2) is 5.82 Å². The van der Waals surface area contributed by atoms with Crippen LogP contribution in [0.25, 0.3) is 32.9 Å². The van der Waals surface area contributed by atoms with E-state index in [2.05, 4.69) is 31.6 Å². The average Bonchev–Trinajstić information content (AvgIpc) is 3.80. The summed E-state index contributed by atoms with van der Waals surface area (Å²) in [4.78, 5) is 28.2. The normalized spacial score (nSPS) is 22.5. The number of hydrogen-bond donors (Lipinski definition) is 1. The molecule has 0 radical (unpaired) electrons. The molecule has 4 aromatic rings. The van der Waals surface area contributed by atoms with Crippen LogP contribution in [0, 0.1) is 12.7 Å². The Morgan fingerprint density at radius 2 is 2.02 bits per heavy atom. The van der Waals surface area contributed by atoms with E-state index in [9.17, 15) is 4.79 Å². The number of nitrogens with one attached hydrogen (secondary N) is 1. The molecule has 12 heteroatoms. The molecule has 1 N–H and O–H groups in total. The number of H-pyrrole nitrogens is 1. The van der Waals surface area contributed by atoms with Gasteiger partial charge in [0.25, 0.3) is 0 Å². The van der Waals surface area contributed by atoms with Crippen molar-refractivity contribution < 1.29 is 18.7 Å². The van der Waals surface area contributed by atoms with Gasteiger partial charge in [-0.1, -0.05) is 24.2 Å². The number of carbonyl (C=O) groups is 1. The van der Waals surface area contributed by atoms with Gasteiger partial charge in [-0.25, -0.2) is 4.39 Å². The molecule has 1 aliphatic carbocycles. The molecule has 0 bridgehead atoms. The lowest BCUT2D eigenvalue weighted by Crippen LogP contribution is -2.58. The molecule has 2 aromatic carbocycles. The first-order chi connectivity index (χ1) is 22.2. The van der Waals surface area contributed by atoms with E-state index in [-0.39, 0.29) is 47.2 Å². The van der Waals surface area contributed by atoms with Crippen molar-refractivity contribution in [1.82, 2.24) is 30.0 Å². The largest absolute Gasteiger partial charge is 0.462 e. The van der Waals surface area contributed by atoms with E-state index < -0.39 is 5.82 Å². The summed E-state index contributed by atoms with van der Waals surface area (Å²) in [5.74, 6) is 0.210. The second kappa shape index (κ2) is 12.1. The number of hydrogen-bond acceptors (Lipinski definition) is 8. The highest BCUT2D eigenvalue weighted by molar-refractivity contribution is 6.35. The van der Waals surface area contributed by atoms with Gasteiger partial charge in [0.05, 0.1) is 35.5 Å². The van der Waals surface area contributed by atoms with E-state index in [0.29, 0.717) is 49.0 Å². The summed E-state index contributed by atoms with van der Waals surface area (Å²) >= 11 is 7.05. The molecule has 3 atom stereocenters. The van der Waals surface area contributed by atoms with Crippen LogP contribution in [0.2, 0.25) is 5.02 Å². The van der Waals surface area contributed by atoms with Gasteiger partial charge in [-0.05, 0) is 64.4 Å². The minimum Gasteiger partial charge on any atom is -0.462 e. The first-order valence-corrected chi connectivity index (χ1v) is 16.3. The molecule has 7 rings (SSSR count). The predicted octanol–water partition coefficient (Wildman–Crippen LogP) is 5.47. The van der Waals surface area contributed by atoms with E-state index in [0.717, 1.165) is 47.1 Å². The van der Waals surface area contributed by atoms with Crippen LogP contribution < -0.4 is 9.64 Å². The molecule has 46 heavy (non-hydrogen) atoms. The summed E-state index contributed by atoms with van der Waals surface area (Å²) in [5, 5.41) is 9.42. The fourth-order valence-electron chi connectivity index (χ4n) is 6.82. The summed E-state index contributed by atoms with van der Waals surface area (Å²) in [6.07, 6.45) is 3.45. The summed E-state index contributed by atoms with van der Waals surface area (Å²) in [6.45, 7) is 12.8. The zero-order chi connectivity index (χ0) is 32.3. The minimum absolute atomic E-state index is 0.0108. The van der Waals surface area contributed by atoms with Gasteiger partial charge in [-0.2, -0.15) is 15.1 Å². The zero-order valence-corrected chi connectivity index (χ0v) is 27.4. The van der Waals surface area contributed by atoms with Gasteiger partial charge >= 0.3 is 6.01 Å². The third kappa shape index (κ3) is 5.38. The van der Waals surface area contributed by atoms with Gasteiger partial charge in [-0.3, -0.25) is 14.8 Å². The first-order valence-electron chi connectivity index (χ1n) is 15.9. The molecule has 4 heterocycles. The molecule has 3 fully saturated rings. The number of fused-ring (bicyclic) bond motifs is 2. The number of aromatic nitrogens is 4. The Balaban J connectivity index is 1.38. The summed E-state index contributed by atoms with van der Waals surface area (Å²) in [6, 6.07) is 5.54. The maximum absolute atomic E-state index is 17.2. The molecule has 2 aliphatic heterocycles. The van der Waals surface area contributed by atoms with Crippen LogP contribution in [-0.4, -0.2) is 101 Å². The van der Waals surface area contributed by atoms with Crippen LogP contribution in [0.4, 0.5) is 10.2 Å². The van der Waals surface area contributed by atoms with E-state index in [1.54, 1.807) is 11.0 Å². The molecular weight excluding hydrogens is 609 g/mol. The van der Waals surface area contributed by atoms with Crippen LogP contribution in [0.3, 0.4) is 0 Å². The maximum Gasteiger partial charge on any atom is 0.319 e. The lowest BCUT2D eigenvalue weighted by atomic mass is 9.93. The van der Waals surface area contributed by atoms with Crippen molar-refractivity contribution in [2.45, 2.75) is 57.7 Å². The fourth-order valence-corrected chi connectivity index (χ4v) is 7.11. The second-order valence-corrected chi connectivity index (χ2v) is 13.3. The number of halogens is 2. The smallest absolute Gasteiger partial charge is 0.319 e. The van der Waals surface area contributed by atoms with Crippen molar-refractivity contribution >= 4 is 45.1 Å². The molecule has 2 aromatic heterocycles. The molecular formula is C34H39ClFN7O3. The minimum atomic E-state index is -0.533. The van der Waals surface area contributed by atoms with E-state index in [1.807, 2.05) is 40.0 Å². The van der Waals surface area contributed by atoms with Gasteiger partial charge in [0.1, 0.15) is 17.9 Å². The van der Waals surface area contributed by atoms with Gasteiger partial charge in [0.2, 0.25) is 5.91 Å². The van der Waals surface area contributed by atoms with Gasteiger partial charge < -0.3 is 19.3 Å². The molecule has 1 amide bonds. The van der Waals surface area contributed by atoms with E-state index in [4.69, 9.17) is 26.1 Å². The van der Waals surface area contributed by atoms with Crippen molar-refractivity contribution in [3.05, 3.63) is 53.0 Å². The quantitative estimate of drug-likeness (QED) is 0.264. The van der Waals surface area contributed by atoms with Crippen LogP contribution >= 0.6 is 11.6 Å². The molecule has 242 valence electrons. The third-order valence-corrected chi connectivity index (χ3v) is 9.96. The molecule has 1 saturated carbocycles. The number of anilines is 1. The van der Waals surface area contributed by atoms with Crippen molar-refractivity contribution in [1.29, 1.82) is 0 Å². The number of morpholine rings is 1. The number of benzene rings is 2. The lowest BCUT2D eigenvalue weighted by Gasteiger charge is -2.44. The monoisotopic (exact) mass is 647 g/mol. The Bertz CT molecular complexity index is 1840. The summed E-state index contributed by atoms with van der Waals surface area (Å²) in [7, 11) is 2.03. The Hall–Kier alpha value is -3.80. The molecule has 2 saturated heterocycles. The number of carbonyl (C=O) groups excluding carboxylic acids is 1. The lowest BCUT2D eigenvalue weighted by molar-refractivity contribution is -0.128. The number of piperazine rings is 1. The standard InChI is InChI=1S/C34H39ClFN7O3/c1-6-26(44)42-14-20(4)43(15-19(42)3)33-23-13-24(35)28(27-18(2)7-10-25-29(27)31(40-39-25)21-8-9-21)30(36)32(23)37-34(38-33)46-17-22-16-45-12-11-41(22)5/h6-7,10,13,19-22H,1,8-9,11-12,14-17H2,2-5H3,(H,39,40)/t19-,20+,22+/m1/s1. The highest BCUT2D eigenvalue weighted by Gasteiger charge is 2.35. The van der Waals surface area contributed by atoms with Crippen molar-refractivity contribution in [2.75, 3.05) is 51.4 Å². The van der Waals surface area contributed by atoms with Crippen LogP contribution in [0.1, 0.15) is 43.9 Å². The predicted molar refractivity (Wildman–Crippen MR) is 177 cm³/mol. The third-order valence-electron chi connectivity index (χ3n) is 9.67. The van der Waals surface area contributed by atoms with Crippen molar-refractivity contribution in [3.63, 3.8) is 0 Å². The topological polar surface area (TPSA) is 99.7 Å². The second-order valence-electron chi connectivity index (χ2n) is 12.9. The van der Waals surface area contributed by atoms with Gasteiger partial charge in [-0.15, -0.1) is 0 Å². The number of aryl methyl sites for hydroxylation is 1. The number of aromatic amines is 1. The van der Waals surface area contributed by atoms with Crippen LogP contribution in [-0.2, 0) is 9.53 Å². The highest BCUT2D eigenvalue weighted by Crippen LogP contribution is 2.48. The van der Waals surface area contributed by atoms with Crippen molar-refractivity contribution in [2.24, 2.45) is 0 Å². The molecule has 10 nitrogen and oxygen atoms in total. The number of amides is 1. The number of ether oxygens (including phenoxy) is 2. The molecule has 3 aliphatic rings. The van der Waals surface area contributed by atoms with Crippen LogP contribution in [0.5, 0.6) is 6.01 Å². The first kappa shape index (κ1) is 30.8. The highest BCUT2D eigenvalue weighted by atomic mass is 35.5. The summed E-state index contributed by atoms with van der Waals surface area (Å²) in [5.41, 5.74) is 3.83. The molecule has 0 spiro atoms. The van der Waals surface area contributed by atoms with Crippen molar-refractivity contribution in [3.8, 4) is 17.1 Å². The SMILES string of the molecule is C=CC(=O)N1C[C@H](C)N(c2nc(OC[C@@H]3COCCN3C)nc3c(F)c(-c4c(C)ccc5[nH]nc(C6CC6)c45)c(Cl)cc23)C[C@H]1C. The number of likely N-dealkylation sites (N-methyl/N-ethyl adjacent to an activating group) is 1. The number of nitrogens with zero attached hydrogens (tertiary/aromatic N) is 6. The molecule has 0 unspecified atom stereocenters.